The van der Waals surface area contributed by atoms with Crippen LogP contribution in [0.2, 0.25) is 0 Å². The highest BCUT2D eigenvalue weighted by Crippen LogP contribution is 2.13. The van der Waals surface area contributed by atoms with E-state index in [9.17, 15) is 14.7 Å². The summed E-state index contributed by atoms with van der Waals surface area (Å²) in [5, 5.41) is 23.1. The molecule has 0 saturated carbocycles. The molecule has 0 aliphatic rings. The molecule has 7 nitrogen and oxygen atoms in total. The van der Waals surface area contributed by atoms with E-state index in [0.29, 0.717) is 10.2 Å². The Morgan fingerprint density at radius 2 is 2.35 bits per heavy atom. The van der Waals surface area contributed by atoms with Gasteiger partial charge in [-0.2, -0.15) is 0 Å². The summed E-state index contributed by atoms with van der Waals surface area (Å²) in [6, 6.07) is 1.67. The topological polar surface area (TPSA) is 104 Å². The first-order valence-corrected chi connectivity index (χ1v) is 6.83. The Morgan fingerprint density at radius 1 is 1.60 bits per heavy atom. The van der Waals surface area contributed by atoms with Crippen LogP contribution in [0.3, 0.4) is 0 Å². The molecule has 1 atom stereocenters. The average Bonchev–Trinajstić information content (AvgIpc) is 2.89. The fourth-order valence-electron chi connectivity index (χ4n) is 1.56. The number of aromatic nitrogens is 2. The number of nitrogens with one attached hydrogen (secondary N) is 1. The SMILES string of the molecule is CC(O)(CO)CNC(=O)Cn1cnc2sccc2c1=O. The molecule has 0 radical (unpaired) electrons. The number of hydrogen-bond donors (Lipinski definition) is 3. The van der Waals surface area contributed by atoms with Crippen molar-refractivity contribution in [2.75, 3.05) is 13.2 Å². The highest BCUT2D eigenvalue weighted by Gasteiger charge is 2.20. The number of fused-ring (bicyclic) bond motifs is 1. The third kappa shape index (κ3) is 3.21. The Hall–Kier alpha value is -1.77. The minimum Gasteiger partial charge on any atom is -0.393 e. The maximum Gasteiger partial charge on any atom is 0.262 e. The number of nitrogens with zero attached hydrogens (tertiary/aromatic N) is 2. The number of aliphatic hydroxyl groups is 2. The Morgan fingerprint density at radius 3 is 3.05 bits per heavy atom. The molecular formula is C12H15N3O4S. The number of rotatable bonds is 5. The largest absolute Gasteiger partial charge is 0.393 e. The van der Waals surface area contributed by atoms with Crippen LogP contribution in [0, 0.1) is 0 Å². The van der Waals surface area contributed by atoms with Gasteiger partial charge in [-0.3, -0.25) is 14.2 Å². The fraction of sp³-hybridized carbons (Fsp3) is 0.417. The Bertz CT molecular complexity index is 677. The van der Waals surface area contributed by atoms with E-state index in [-0.39, 0.29) is 18.6 Å². The standard InChI is InChI=1S/C12H15N3O4S/c1-12(19,6-16)5-13-9(17)4-15-7-14-10-8(11(15)18)2-3-20-10/h2-3,7,16,19H,4-6H2,1H3,(H,13,17). The molecule has 8 heteroatoms. The maximum atomic E-state index is 12.0. The van der Waals surface area contributed by atoms with Gasteiger partial charge in [-0.25, -0.2) is 4.98 Å². The van der Waals surface area contributed by atoms with Crippen LogP contribution >= 0.6 is 11.3 Å². The molecule has 0 bridgehead atoms. The Balaban J connectivity index is 2.07. The molecule has 108 valence electrons. The number of carbonyl (C=O) groups is 1. The first-order chi connectivity index (χ1) is 9.43. The van der Waals surface area contributed by atoms with Crippen molar-refractivity contribution >= 4 is 27.5 Å². The minimum absolute atomic E-state index is 0.0921. The van der Waals surface area contributed by atoms with E-state index in [0.717, 1.165) is 0 Å². The number of thiophene rings is 1. The van der Waals surface area contributed by atoms with Gasteiger partial charge in [0.25, 0.3) is 5.56 Å². The molecule has 0 aromatic carbocycles. The second-order valence-electron chi connectivity index (χ2n) is 4.75. The summed E-state index contributed by atoms with van der Waals surface area (Å²) in [5.41, 5.74) is -1.66. The predicted octanol–water partition coefficient (Wildman–Crippen LogP) is -0.683. The molecule has 0 fully saturated rings. The van der Waals surface area contributed by atoms with Crippen LogP contribution in [0.15, 0.2) is 22.6 Å². The Kier molecular flexibility index (Phi) is 4.17. The van der Waals surface area contributed by atoms with Gasteiger partial charge in [-0.15, -0.1) is 11.3 Å². The first-order valence-electron chi connectivity index (χ1n) is 5.95. The van der Waals surface area contributed by atoms with Crippen LogP contribution in [0.25, 0.3) is 10.2 Å². The average molecular weight is 297 g/mol. The summed E-state index contributed by atoms with van der Waals surface area (Å²) >= 11 is 1.36. The normalized spacial score (nSPS) is 14.2. The maximum absolute atomic E-state index is 12.0. The van der Waals surface area contributed by atoms with E-state index < -0.39 is 18.1 Å². The molecular weight excluding hydrogens is 282 g/mol. The van der Waals surface area contributed by atoms with Gasteiger partial charge in [-0.1, -0.05) is 0 Å². The zero-order chi connectivity index (χ0) is 14.8. The van der Waals surface area contributed by atoms with E-state index in [4.69, 9.17) is 5.11 Å². The summed E-state index contributed by atoms with van der Waals surface area (Å²) in [5.74, 6) is -0.433. The molecule has 0 aliphatic carbocycles. The summed E-state index contributed by atoms with van der Waals surface area (Å²) < 4.78 is 1.21. The van der Waals surface area contributed by atoms with Crippen molar-refractivity contribution < 1.29 is 15.0 Å². The van der Waals surface area contributed by atoms with Crippen LogP contribution in [-0.4, -0.2) is 44.4 Å². The lowest BCUT2D eigenvalue weighted by Gasteiger charge is -2.20. The predicted molar refractivity (Wildman–Crippen MR) is 74.6 cm³/mol. The highest BCUT2D eigenvalue weighted by atomic mass is 32.1. The van der Waals surface area contributed by atoms with Gasteiger partial charge in [0.2, 0.25) is 5.91 Å². The van der Waals surface area contributed by atoms with E-state index in [1.807, 2.05) is 0 Å². The molecule has 1 unspecified atom stereocenters. The van der Waals surface area contributed by atoms with Crippen molar-refractivity contribution in [1.29, 1.82) is 0 Å². The molecule has 2 rings (SSSR count). The van der Waals surface area contributed by atoms with Crippen LogP contribution in [0.1, 0.15) is 6.92 Å². The van der Waals surface area contributed by atoms with Gasteiger partial charge in [0.05, 0.1) is 18.3 Å². The number of aliphatic hydroxyl groups excluding tert-OH is 1. The molecule has 2 aromatic heterocycles. The van der Waals surface area contributed by atoms with Crippen LogP contribution < -0.4 is 10.9 Å². The van der Waals surface area contributed by atoms with Gasteiger partial charge in [0, 0.05) is 6.54 Å². The van der Waals surface area contributed by atoms with E-state index in [2.05, 4.69) is 10.3 Å². The molecule has 0 saturated heterocycles. The lowest BCUT2D eigenvalue weighted by Crippen LogP contribution is -2.44. The van der Waals surface area contributed by atoms with Crippen molar-refractivity contribution in [2.45, 2.75) is 19.1 Å². The number of hydrogen-bond acceptors (Lipinski definition) is 6. The van der Waals surface area contributed by atoms with Crippen molar-refractivity contribution in [1.82, 2.24) is 14.9 Å². The molecule has 2 heterocycles. The van der Waals surface area contributed by atoms with Crippen molar-refractivity contribution in [2.24, 2.45) is 0 Å². The van der Waals surface area contributed by atoms with Gasteiger partial charge in [0.15, 0.2) is 0 Å². The Labute approximate surface area is 118 Å². The van der Waals surface area contributed by atoms with E-state index in [1.54, 1.807) is 11.4 Å². The molecule has 0 aliphatic heterocycles. The molecule has 0 spiro atoms. The second kappa shape index (κ2) is 5.70. The van der Waals surface area contributed by atoms with Crippen molar-refractivity contribution in [3.63, 3.8) is 0 Å². The van der Waals surface area contributed by atoms with Crippen LogP contribution in [0.4, 0.5) is 0 Å². The number of amides is 1. The fourth-order valence-corrected chi connectivity index (χ4v) is 2.28. The summed E-state index contributed by atoms with van der Waals surface area (Å²) in [6.07, 6.45) is 1.32. The molecule has 20 heavy (non-hydrogen) atoms. The third-order valence-electron chi connectivity index (χ3n) is 2.77. The monoisotopic (exact) mass is 297 g/mol. The summed E-state index contributed by atoms with van der Waals surface area (Å²) in [7, 11) is 0. The quantitative estimate of drug-likeness (QED) is 0.678. The van der Waals surface area contributed by atoms with Crippen LogP contribution in [0.5, 0.6) is 0 Å². The number of carbonyl (C=O) groups excluding carboxylic acids is 1. The molecule has 3 N–H and O–H groups in total. The van der Waals surface area contributed by atoms with Crippen LogP contribution in [-0.2, 0) is 11.3 Å². The van der Waals surface area contributed by atoms with Crippen molar-refractivity contribution in [3.05, 3.63) is 28.1 Å². The minimum atomic E-state index is -1.38. The summed E-state index contributed by atoms with van der Waals surface area (Å²) in [4.78, 5) is 28.5. The van der Waals surface area contributed by atoms with Gasteiger partial charge < -0.3 is 15.5 Å². The third-order valence-corrected chi connectivity index (χ3v) is 3.59. The lowest BCUT2D eigenvalue weighted by atomic mass is 10.1. The van der Waals surface area contributed by atoms with Crippen molar-refractivity contribution in [3.8, 4) is 0 Å². The lowest BCUT2D eigenvalue weighted by molar-refractivity contribution is -0.123. The van der Waals surface area contributed by atoms with Gasteiger partial charge in [0.1, 0.15) is 17.0 Å². The zero-order valence-electron chi connectivity index (χ0n) is 10.9. The van der Waals surface area contributed by atoms with Gasteiger partial charge in [-0.05, 0) is 18.4 Å². The molecule has 1 amide bonds. The first kappa shape index (κ1) is 14.6. The van der Waals surface area contributed by atoms with Gasteiger partial charge >= 0.3 is 0 Å². The van der Waals surface area contributed by atoms with E-state index in [1.165, 1.54) is 29.2 Å². The smallest absolute Gasteiger partial charge is 0.262 e. The zero-order valence-corrected chi connectivity index (χ0v) is 11.7. The van der Waals surface area contributed by atoms with E-state index >= 15 is 0 Å². The second-order valence-corrected chi connectivity index (χ2v) is 5.64. The summed E-state index contributed by atoms with van der Waals surface area (Å²) in [6.45, 7) is 0.665. The highest BCUT2D eigenvalue weighted by molar-refractivity contribution is 7.16. The molecule has 2 aromatic rings.